The number of imidazole rings is 1. The van der Waals surface area contributed by atoms with Gasteiger partial charge >= 0.3 is 0 Å². The van der Waals surface area contributed by atoms with Crippen LogP contribution in [0.25, 0.3) is 11.4 Å². The zero-order valence-corrected chi connectivity index (χ0v) is 19.5. The summed E-state index contributed by atoms with van der Waals surface area (Å²) in [4.78, 5) is 32.3. The van der Waals surface area contributed by atoms with Gasteiger partial charge in [0.25, 0.3) is 5.91 Å². The van der Waals surface area contributed by atoms with Crippen molar-refractivity contribution in [2.45, 2.75) is 52.9 Å². The van der Waals surface area contributed by atoms with E-state index in [0.29, 0.717) is 24.6 Å². The second kappa shape index (κ2) is 8.59. The van der Waals surface area contributed by atoms with Crippen molar-refractivity contribution in [3.05, 3.63) is 40.4 Å². The summed E-state index contributed by atoms with van der Waals surface area (Å²) in [6.45, 7) is 8.72. The number of amides is 2. The first-order valence-corrected chi connectivity index (χ1v) is 10.6. The summed E-state index contributed by atoms with van der Waals surface area (Å²) < 4.78 is 16.6. The van der Waals surface area contributed by atoms with Gasteiger partial charge in [0.2, 0.25) is 5.91 Å². The van der Waals surface area contributed by atoms with Gasteiger partial charge in [-0.1, -0.05) is 32.4 Å². The van der Waals surface area contributed by atoms with Crippen molar-refractivity contribution in [2.75, 3.05) is 14.1 Å². The fourth-order valence-electron chi connectivity index (χ4n) is 3.72. The third-order valence-corrected chi connectivity index (χ3v) is 5.94. The summed E-state index contributed by atoms with van der Waals surface area (Å²) in [6.07, 6.45) is 0. The van der Waals surface area contributed by atoms with E-state index in [2.05, 4.69) is 27.4 Å². The second-order valence-electron chi connectivity index (χ2n) is 9.12. The number of hydrogen-bond donors (Lipinski definition) is 2. The van der Waals surface area contributed by atoms with Crippen LogP contribution in [0.2, 0.25) is 5.02 Å². The lowest BCUT2D eigenvalue weighted by molar-refractivity contribution is -0.124. The van der Waals surface area contributed by atoms with E-state index in [0.717, 1.165) is 0 Å². The lowest BCUT2D eigenvalue weighted by atomic mass is 9.86. The Labute approximate surface area is 187 Å². The Kier molecular flexibility index (Phi) is 6.43. The molecule has 0 aliphatic carbocycles. The number of benzene rings is 1. The molecular formula is C22H29ClFN5O2. The van der Waals surface area contributed by atoms with E-state index in [4.69, 9.17) is 11.6 Å². The van der Waals surface area contributed by atoms with Crippen LogP contribution in [0, 0.1) is 11.2 Å². The van der Waals surface area contributed by atoms with Crippen molar-refractivity contribution in [1.29, 1.82) is 0 Å². The van der Waals surface area contributed by atoms with E-state index in [-0.39, 0.29) is 28.2 Å². The predicted octanol–water partition coefficient (Wildman–Crippen LogP) is 3.07. The molecule has 2 heterocycles. The highest BCUT2D eigenvalue weighted by Gasteiger charge is 2.36. The molecule has 0 saturated heterocycles. The highest BCUT2D eigenvalue weighted by molar-refractivity contribution is 6.30. The number of rotatable bonds is 4. The monoisotopic (exact) mass is 449 g/mol. The van der Waals surface area contributed by atoms with Crippen molar-refractivity contribution in [3.63, 3.8) is 0 Å². The highest BCUT2D eigenvalue weighted by atomic mass is 35.5. The van der Waals surface area contributed by atoms with Crippen LogP contribution in [0.4, 0.5) is 4.39 Å². The molecule has 31 heavy (non-hydrogen) atoms. The number of carbonyl (C=O) groups is 2. The Morgan fingerprint density at radius 3 is 2.58 bits per heavy atom. The van der Waals surface area contributed by atoms with Crippen LogP contribution in [0.15, 0.2) is 18.2 Å². The number of likely N-dealkylation sites (N-methyl/N-ethyl adjacent to an activating group) is 2. The van der Waals surface area contributed by atoms with Crippen LogP contribution < -0.4 is 10.6 Å². The van der Waals surface area contributed by atoms with Gasteiger partial charge in [-0.2, -0.15) is 0 Å². The molecule has 0 bridgehead atoms. The smallest absolute Gasteiger partial charge is 0.272 e. The molecule has 2 unspecified atom stereocenters. The third-order valence-electron chi connectivity index (χ3n) is 5.71. The van der Waals surface area contributed by atoms with E-state index >= 15 is 0 Å². The first kappa shape index (κ1) is 23.2. The lowest BCUT2D eigenvalue weighted by Crippen LogP contribution is -2.53. The van der Waals surface area contributed by atoms with Crippen LogP contribution in [0.1, 0.15) is 43.9 Å². The molecule has 1 aliphatic rings. The fourth-order valence-corrected chi connectivity index (χ4v) is 3.88. The Hall–Kier alpha value is -2.45. The normalized spacial score (nSPS) is 17.7. The molecule has 1 aromatic carbocycles. The SMILES string of the molecule is CNC(=O)C(NC(=O)c1nc(-c2ccc(Cl)cc2F)n2c1CN(C)C(C)C2)C(C)(C)C. The van der Waals surface area contributed by atoms with Gasteiger partial charge in [0.15, 0.2) is 5.69 Å². The predicted molar refractivity (Wildman–Crippen MR) is 118 cm³/mol. The average Bonchev–Trinajstić information content (AvgIpc) is 3.03. The van der Waals surface area contributed by atoms with Gasteiger partial charge in [-0.15, -0.1) is 0 Å². The summed E-state index contributed by atoms with van der Waals surface area (Å²) in [7, 11) is 3.50. The number of nitrogens with zero attached hydrogens (tertiary/aromatic N) is 3. The van der Waals surface area contributed by atoms with Crippen molar-refractivity contribution in [3.8, 4) is 11.4 Å². The Morgan fingerprint density at radius 1 is 1.32 bits per heavy atom. The van der Waals surface area contributed by atoms with E-state index in [1.807, 2.05) is 32.4 Å². The number of nitrogens with one attached hydrogen (secondary N) is 2. The van der Waals surface area contributed by atoms with Gasteiger partial charge in [-0.05, 0) is 37.6 Å². The van der Waals surface area contributed by atoms with E-state index < -0.39 is 23.2 Å². The largest absolute Gasteiger partial charge is 0.357 e. The molecule has 168 valence electrons. The maximum Gasteiger partial charge on any atom is 0.272 e. The number of halogens is 2. The first-order chi connectivity index (χ1) is 14.4. The molecule has 0 radical (unpaired) electrons. The molecule has 9 heteroatoms. The molecule has 2 amide bonds. The van der Waals surface area contributed by atoms with Gasteiger partial charge in [0.05, 0.1) is 11.3 Å². The van der Waals surface area contributed by atoms with Crippen molar-refractivity contribution in [2.24, 2.45) is 5.41 Å². The quantitative estimate of drug-likeness (QED) is 0.751. The molecule has 3 rings (SSSR count). The molecule has 2 N–H and O–H groups in total. The van der Waals surface area contributed by atoms with Gasteiger partial charge in [0, 0.05) is 31.2 Å². The van der Waals surface area contributed by atoms with Gasteiger partial charge in [-0.3, -0.25) is 14.5 Å². The molecule has 2 aromatic rings. The minimum Gasteiger partial charge on any atom is -0.357 e. The minimum absolute atomic E-state index is 0.180. The van der Waals surface area contributed by atoms with Crippen LogP contribution in [0.5, 0.6) is 0 Å². The summed E-state index contributed by atoms with van der Waals surface area (Å²) >= 11 is 5.91. The van der Waals surface area contributed by atoms with Crippen molar-refractivity contribution in [1.82, 2.24) is 25.1 Å². The molecule has 0 saturated carbocycles. The maximum absolute atomic E-state index is 14.7. The van der Waals surface area contributed by atoms with E-state index in [1.165, 1.54) is 13.1 Å². The van der Waals surface area contributed by atoms with Gasteiger partial charge in [-0.25, -0.2) is 9.37 Å². The number of carbonyl (C=O) groups excluding carboxylic acids is 2. The maximum atomic E-state index is 14.7. The summed E-state index contributed by atoms with van der Waals surface area (Å²) in [5, 5.41) is 5.71. The van der Waals surface area contributed by atoms with Crippen LogP contribution in [-0.2, 0) is 17.9 Å². The van der Waals surface area contributed by atoms with Crippen molar-refractivity contribution >= 4 is 23.4 Å². The van der Waals surface area contributed by atoms with Crippen LogP contribution in [0.3, 0.4) is 0 Å². The molecule has 1 aliphatic heterocycles. The zero-order chi connectivity index (χ0) is 23.1. The van der Waals surface area contributed by atoms with Gasteiger partial charge < -0.3 is 15.2 Å². The summed E-state index contributed by atoms with van der Waals surface area (Å²) in [5.74, 6) is -0.877. The summed E-state index contributed by atoms with van der Waals surface area (Å²) in [6, 6.07) is 3.83. The Morgan fingerprint density at radius 2 is 2.00 bits per heavy atom. The average molecular weight is 450 g/mol. The number of hydrogen-bond acceptors (Lipinski definition) is 4. The standard InChI is InChI=1S/C22H29ClFN5O2/c1-12-10-29-16(11-28(12)6)17(20(30)27-18(21(31)25-5)22(2,3)4)26-19(29)14-8-7-13(23)9-15(14)24/h7-9,12,18H,10-11H2,1-6H3,(H,25,31)(H,27,30). The molecule has 0 fully saturated rings. The summed E-state index contributed by atoms with van der Waals surface area (Å²) in [5.41, 5.74) is 0.653. The lowest BCUT2D eigenvalue weighted by Gasteiger charge is -2.32. The number of fused-ring (bicyclic) bond motifs is 1. The highest BCUT2D eigenvalue weighted by Crippen LogP contribution is 2.31. The Bertz CT molecular complexity index is 1010. The van der Waals surface area contributed by atoms with Gasteiger partial charge in [0.1, 0.15) is 17.7 Å². The molecule has 2 atom stereocenters. The van der Waals surface area contributed by atoms with E-state index in [1.54, 1.807) is 12.1 Å². The third kappa shape index (κ3) is 4.60. The number of aromatic nitrogens is 2. The molecule has 1 aromatic heterocycles. The van der Waals surface area contributed by atoms with E-state index in [9.17, 15) is 14.0 Å². The second-order valence-corrected chi connectivity index (χ2v) is 9.55. The van der Waals surface area contributed by atoms with Crippen molar-refractivity contribution < 1.29 is 14.0 Å². The minimum atomic E-state index is -0.752. The zero-order valence-electron chi connectivity index (χ0n) is 18.7. The van der Waals surface area contributed by atoms with Crippen LogP contribution in [-0.4, -0.2) is 52.4 Å². The Balaban J connectivity index is 2.08. The first-order valence-electron chi connectivity index (χ1n) is 10.2. The topological polar surface area (TPSA) is 79.3 Å². The molecular weight excluding hydrogens is 421 g/mol. The molecule has 7 nitrogen and oxygen atoms in total. The fraction of sp³-hybridized carbons (Fsp3) is 0.500. The molecule has 0 spiro atoms. The van der Waals surface area contributed by atoms with Crippen LogP contribution >= 0.6 is 11.6 Å².